The van der Waals surface area contributed by atoms with E-state index in [-0.39, 0.29) is 29.1 Å². The molecule has 0 atom stereocenters. The van der Waals surface area contributed by atoms with Crippen molar-refractivity contribution in [2.24, 2.45) is 0 Å². The van der Waals surface area contributed by atoms with Crippen LogP contribution in [0.2, 0.25) is 0 Å². The zero-order chi connectivity index (χ0) is 22.3. The van der Waals surface area contributed by atoms with Crippen molar-refractivity contribution in [2.75, 3.05) is 13.1 Å². The average Bonchev–Trinajstić information content (AvgIpc) is 3.17. The molecule has 0 aliphatic carbocycles. The highest BCUT2D eigenvalue weighted by Crippen LogP contribution is 2.18. The molecule has 2 amide bonds. The van der Waals surface area contributed by atoms with Gasteiger partial charge >= 0.3 is 0 Å². The number of Topliss-reactive ketones (excluding diaryl/α,β-unsaturated/α-hetero) is 1. The number of sulfonamides is 1. The van der Waals surface area contributed by atoms with E-state index in [0.29, 0.717) is 18.0 Å². The summed E-state index contributed by atoms with van der Waals surface area (Å²) in [5.41, 5.74) is 4.59. The van der Waals surface area contributed by atoms with Crippen LogP contribution in [0, 0.1) is 6.92 Å². The third-order valence-corrected chi connectivity index (χ3v) is 7.44. The Kier molecular flexibility index (Phi) is 8.27. The van der Waals surface area contributed by atoms with Gasteiger partial charge in [0.2, 0.25) is 15.9 Å². The molecule has 1 aromatic heterocycles. The van der Waals surface area contributed by atoms with Gasteiger partial charge in [0.05, 0.1) is 9.77 Å². The number of carbonyl (C=O) groups excluding carboxylic acids is 3. The molecule has 1 aromatic carbocycles. The van der Waals surface area contributed by atoms with Crippen molar-refractivity contribution in [3.8, 4) is 0 Å². The van der Waals surface area contributed by atoms with Gasteiger partial charge in [-0.15, -0.1) is 11.3 Å². The molecule has 8 nitrogen and oxygen atoms in total. The summed E-state index contributed by atoms with van der Waals surface area (Å²) in [5.74, 6) is -1.30. The van der Waals surface area contributed by atoms with Crippen molar-refractivity contribution in [1.29, 1.82) is 0 Å². The first-order valence-electron chi connectivity index (χ1n) is 9.48. The van der Waals surface area contributed by atoms with Crippen molar-refractivity contribution >= 4 is 39.0 Å². The van der Waals surface area contributed by atoms with Gasteiger partial charge in [0, 0.05) is 36.4 Å². The fraction of sp³-hybridized carbons (Fsp3) is 0.350. The summed E-state index contributed by atoms with van der Waals surface area (Å²) in [4.78, 5) is 37.9. The molecule has 0 aliphatic heterocycles. The second-order valence-corrected chi connectivity index (χ2v) is 9.68. The van der Waals surface area contributed by atoms with E-state index in [1.165, 1.54) is 39.9 Å². The number of hydrogen-bond acceptors (Lipinski definition) is 6. The van der Waals surface area contributed by atoms with Crippen molar-refractivity contribution < 1.29 is 22.8 Å². The van der Waals surface area contributed by atoms with Crippen LogP contribution in [0.15, 0.2) is 41.3 Å². The number of benzene rings is 1. The summed E-state index contributed by atoms with van der Waals surface area (Å²) in [6, 6.07) is 9.16. The Bertz CT molecular complexity index is 1030. The molecule has 0 bridgehead atoms. The Labute approximate surface area is 180 Å². The first-order valence-corrected chi connectivity index (χ1v) is 11.7. The summed E-state index contributed by atoms with van der Waals surface area (Å²) < 4.78 is 26.5. The number of carbonyl (C=O) groups is 3. The van der Waals surface area contributed by atoms with Gasteiger partial charge in [0.1, 0.15) is 0 Å². The zero-order valence-electron chi connectivity index (χ0n) is 17.1. The van der Waals surface area contributed by atoms with Gasteiger partial charge in [-0.3, -0.25) is 25.2 Å². The lowest BCUT2D eigenvalue weighted by Gasteiger charge is -2.18. The number of thiophene rings is 1. The second kappa shape index (κ2) is 10.5. The molecule has 10 heteroatoms. The number of nitrogens with one attached hydrogen (secondary N) is 2. The first kappa shape index (κ1) is 23.7. The number of ketones is 1. The minimum Gasteiger partial charge on any atom is -0.293 e. The number of hydrazine groups is 1. The predicted molar refractivity (Wildman–Crippen MR) is 115 cm³/mol. The lowest BCUT2D eigenvalue weighted by Crippen LogP contribution is -2.41. The monoisotopic (exact) mass is 451 g/mol. The number of hydrogen-bond donors (Lipinski definition) is 2. The van der Waals surface area contributed by atoms with Crippen LogP contribution in [0.3, 0.4) is 0 Å². The third kappa shape index (κ3) is 5.97. The number of amides is 2. The fourth-order valence-electron chi connectivity index (χ4n) is 2.71. The number of aryl methyl sites for hydroxylation is 1. The van der Waals surface area contributed by atoms with Crippen molar-refractivity contribution in [2.45, 2.75) is 38.5 Å². The summed E-state index contributed by atoms with van der Waals surface area (Å²) in [7, 11) is -3.70. The van der Waals surface area contributed by atoms with Crippen LogP contribution in [0.4, 0.5) is 0 Å². The number of rotatable bonds is 9. The molecule has 0 spiro atoms. The molecule has 0 saturated heterocycles. The van der Waals surface area contributed by atoms with Crippen LogP contribution in [0.5, 0.6) is 0 Å². The predicted octanol–water partition coefficient (Wildman–Crippen LogP) is 2.51. The van der Waals surface area contributed by atoms with E-state index >= 15 is 0 Å². The highest BCUT2D eigenvalue weighted by atomic mass is 32.2. The molecule has 0 saturated carbocycles. The average molecular weight is 452 g/mol. The summed E-state index contributed by atoms with van der Waals surface area (Å²) >= 11 is 1.37. The first-order chi connectivity index (χ1) is 14.2. The van der Waals surface area contributed by atoms with Gasteiger partial charge in [0.25, 0.3) is 5.91 Å². The lowest BCUT2D eigenvalue weighted by molar-refractivity contribution is -0.121. The topological polar surface area (TPSA) is 113 Å². The van der Waals surface area contributed by atoms with E-state index in [1.807, 2.05) is 13.0 Å². The standard InChI is InChI=1S/C20H25N3O5S2/c1-4-23(5-2)30(27,28)16-8-6-7-15(13-16)20(26)22-21-19(25)12-10-17(24)18-11-9-14(3)29-18/h6-9,11,13H,4-5,10,12H2,1-3H3,(H,21,25)(H,22,26). The van der Waals surface area contributed by atoms with E-state index in [0.717, 1.165) is 4.88 Å². The molecule has 0 radical (unpaired) electrons. The minimum absolute atomic E-state index is 0.00187. The van der Waals surface area contributed by atoms with Crippen LogP contribution in [0.1, 0.15) is 51.6 Å². The highest BCUT2D eigenvalue weighted by Gasteiger charge is 2.22. The van der Waals surface area contributed by atoms with E-state index < -0.39 is 21.8 Å². The molecule has 162 valence electrons. The van der Waals surface area contributed by atoms with Crippen LogP contribution >= 0.6 is 11.3 Å². The van der Waals surface area contributed by atoms with Gasteiger partial charge in [0.15, 0.2) is 5.78 Å². The van der Waals surface area contributed by atoms with Gasteiger partial charge in [-0.05, 0) is 37.3 Å². The maximum atomic E-state index is 12.6. The minimum atomic E-state index is -3.70. The van der Waals surface area contributed by atoms with Gasteiger partial charge in [-0.25, -0.2) is 8.42 Å². The fourth-order valence-corrected chi connectivity index (χ4v) is 5.05. The van der Waals surface area contributed by atoms with E-state index in [9.17, 15) is 22.8 Å². The van der Waals surface area contributed by atoms with Gasteiger partial charge in [-0.2, -0.15) is 4.31 Å². The maximum absolute atomic E-state index is 12.6. The van der Waals surface area contributed by atoms with Crippen LogP contribution in [-0.4, -0.2) is 43.4 Å². The Morgan fingerprint density at radius 1 is 1.00 bits per heavy atom. The Hall–Kier alpha value is -2.56. The SMILES string of the molecule is CCN(CC)S(=O)(=O)c1cccc(C(=O)NNC(=O)CCC(=O)c2ccc(C)s2)c1. The van der Waals surface area contributed by atoms with Crippen molar-refractivity contribution in [3.63, 3.8) is 0 Å². The molecule has 0 fully saturated rings. The molecular weight excluding hydrogens is 426 g/mol. The van der Waals surface area contributed by atoms with E-state index in [4.69, 9.17) is 0 Å². The molecule has 0 unspecified atom stereocenters. The van der Waals surface area contributed by atoms with Crippen LogP contribution < -0.4 is 10.9 Å². The summed E-state index contributed by atoms with van der Waals surface area (Å²) in [6.45, 7) is 5.99. The van der Waals surface area contributed by atoms with Gasteiger partial charge in [-0.1, -0.05) is 19.9 Å². The number of nitrogens with zero attached hydrogens (tertiary/aromatic N) is 1. The van der Waals surface area contributed by atoms with Gasteiger partial charge < -0.3 is 0 Å². The normalized spacial score (nSPS) is 11.3. The Balaban J connectivity index is 1.93. The van der Waals surface area contributed by atoms with E-state index in [1.54, 1.807) is 19.9 Å². The summed E-state index contributed by atoms with van der Waals surface area (Å²) in [6.07, 6.45) is -0.0499. The Morgan fingerprint density at radius 3 is 2.30 bits per heavy atom. The van der Waals surface area contributed by atoms with E-state index in [2.05, 4.69) is 10.9 Å². The molecule has 2 aromatic rings. The molecular formula is C20H25N3O5S2. The second-order valence-electron chi connectivity index (χ2n) is 6.45. The van der Waals surface area contributed by atoms with Crippen molar-refractivity contribution in [1.82, 2.24) is 15.2 Å². The third-order valence-electron chi connectivity index (χ3n) is 4.35. The van der Waals surface area contributed by atoms with Crippen LogP contribution in [0.25, 0.3) is 0 Å². The maximum Gasteiger partial charge on any atom is 0.269 e. The largest absolute Gasteiger partial charge is 0.293 e. The lowest BCUT2D eigenvalue weighted by atomic mass is 10.2. The smallest absolute Gasteiger partial charge is 0.269 e. The molecule has 2 rings (SSSR count). The summed E-state index contributed by atoms with van der Waals surface area (Å²) in [5, 5.41) is 0. The molecule has 1 heterocycles. The van der Waals surface area contributed by atoms with Crippen LogP contribution in [-0.2, 0) is 14.8 Å². The quantitative estimate of drug-likeness (QED) is 0.449. The molecule has 30 heavy (non-hydrogen) atoms. The highest BCUT2D eigenvalue weighted by molar-refractivity contribution is 7.89. The Morgan fingerprint density at radius 2 is 1.70 bits per heavy atom. The zero-order valence-corrected chi connectivity index (χ0v) is 18.7. The van der Waals surface area contributed by atoms with Crippen molar-refractivity contribution in [3.05, 3.63) is 51.7 Å². The molecule has 2 N–H and O–H groups in total. The molecule has 0 aliphatic rings.